The Morgan fingerprint density at radius 1 is 1.09 bits per heavy atom. The van der Waals surface area contributed by atoms with Gasteiger partial charge in [0.15, 0.2) is 0 Å². The van der Waals surface area contributed by atoms with E-state index in [1.807, 2.05) is 42.5 Å². The van der Waals surface area contributed by atoms with Crippen LogP contribution in [0.1, 0.15) is 42.1 Å². The molecule has 4 rings (SSSR count). The second kappa shape index (κ2) is 10.2. The highest BCUT2D eigenvalue weighted by atomic mass is 16.4. The van der Waals surface area contributed by atoms with Crippen LogP contribution in [-0.2, 0) is 22.6 Å². The third-order valence-electron chi connectivity index (χ3n) is 5.81. The Morgan fingerprint density at radius 2 is 1.91 bits per heavy atom. The normalized spacial score (nSPS) is 15.6. The fourth-order valence-corrected chi connectivity index (χ4v) is 4.22. The zero-order valence-corrected chi connectivity index (χ0v) is 17.9. The third-order valence-corrected chi connectivity index (χ3v) is 5.81. The van der Waals surface area contributed by atoms with Crippen LogP contribution in [0.25, 0.3) is 11.0 Å². The third kappa shape index (κ3) is 5.62. The fraction of sp³-hybridized carbons (Fsp3) is 0.320. The molecule has 0 spiro atoms. The number of rotatable bonds is 9. The predicted molar refractivity (Wildman–Crippen MR) is 123 cm³/mol. The Balaban J connectivity index is 1.23. The number of imidazole rings is 1. The Bertz CT molecular complexity index is 1100. The molecule has 0 saturated heterocycles. The van der Waals surface area contributed by atoms with Crippen molar-refractivity contribution in [1.82, 2.24) is 20.6 Å². The summed E-state index contributed by atoms with van der Waals surface area (Å²) >= 11 is 0. The molecule has 1 amide bonds. The number of carboxylic acids is 1. The number of aromatic amines is 1. The summed E-state index contributed by atoms with van der Waals surface area (Å²) < 4.78 is 0. The number of aliphatic carboxylic acids is 1. The van der Waals surface area contributed by atoms with Crippen molar-refractivity contribution in [3.05, 3.63) is 77.1 Å². The second-order valence-corrected chi connectivity index (χ2v) is 8.17. The molecule has 1 aliphatic rings. The van der Waals surface area contributed by atoms with E-state index in [1.165, 1.54) is 0 Å². The molecule has 1 aromatic heterocycles. The predicted octanol–water partition coefficient (Wildman–Crippen LogP) is 3.29. The summed E-state index contributed by atoms with van der Waals surface area (Å²) in [4.78, 5) is 31.4. The molecule has 0 fully saturated rings. The summed E-state index contributed by atoms with van der Waals surface area (Å²) in [6.07, 6.45) is 3.99. The Labute approximate surface area is 186 Å². The van der Waals surface area contributed by atoms with Crippen molar-refractivity contribution in [2.24, 2.45) is 0 Å². The summed E-state index contributed by atoms with van der Waals surface area (Å²) in [5.74, 6) is -0.0516. The molecule has 166 valence electrons. The van der Waals surface area contributed by atoms with E-state index in [-0.39, 0.29) is 18.2 Å². The number of allylic oxidation sites excluding steroid dienone is 1. The molecule has 0 bridgehead atoms. The molecule has 4 N–H and O–H groups in total. The van der Waals surface area contributed by atoms with Crippen LogP contribution < -0.4 is 10.6 Å². The monoisotopic (exact) mass is 432 g/mol. The first-order chi connectivity index (χ1) is 15.6. The van der Waals surface area contributed by atoms with Gasteiger partial charge in [0, 0.05) is 19.5 Å². The smallest absolute Gasteiger partial charge is 0.303 e. The lowest BCUT2D eigenvalue weighted by molar-refractivity contribution is -0.137. The molecule has 32 heavy (non-hydrogen) atoms. The Morgan fingerprint density at radius 3 is 2.75 bits per heavy atom. The molecule has 7 nitrogen and oxygen atoms in total. The molecule has 0 aliphatic heterocycles. The average Bonchev–Trinajstić information content (AvgIpc) is 3.12. The lowest BCUT2D eigenvalue weighted by Gasteiger charge is -2.17. The van der Waals surface area contributed by atoms with Gasteiger partial charge >= 0.3 is 5.97 Å². The molecule has 3 aromatic rings. The van der Waals surface area contributed by atoms with E-state index < -0.39 is 5.97 Å². The largest absolute Gasteiger partial charge is 0.481 e. The van der Waals surface area contributed by atoms with Gasteiger partial charge in [-0.15, -0.1) is 0 Å². The molecule has 1 aliphatic carbocycles. The number of carbonyl (C=O) groups is 2. The highest BCUT2D eigenvalue weighted by Crippen LogP contribution is 2.33. The van der Waals surface area contributed by atoms with Gasteiger partial charge in [-0.05, 0) is 42.0 Å². The van der Waals surface area contributed by atoms with Crippen LogP contribution >= 0.6 is 0 Å². The SMILES string of the molecule is O=C(O)CC1CC(CNC(=O)CCNCc2nc3ccccc3[nH]2)=CCc2ccccc21. The molecular formula is C25H28N4O3. The summed E-state index contributed by atoms with van der Waals surface area (Å²) in [5.41, 5.74) is 5.28. The van der Waals surface area contributed by atoms with E-state index in [9.17, 15) is 14.7 Å². The molecule has 1 atom stereocenters. The lowest BCUT2D eigenvalue weighted by Crippen LogP contribution is -2.29. The Kier molecular flexibility index (Phi) is 6.97. The van der Waals surface area contributed by atoms with Crippen molar-refractivity contribution in [1.29, 1.82) is 0 Å². The highest BCUT2D eigenvalue weighted by molar-refractivity contribution is 5.76. The second-order valence-electron chi connectivity index (χ2n) is 8.17. The van der Waals surface area contributed by atoms with Gasteiger partial charge in [-0.1, -0.05) is 48.0 Å². The van der Waals surface area contributed by atoms with Gasteiger partial charge < -0.3 is 20.7 Å². The molecule has 7 heteroatoms. The van der Waals surface area contributed by atoms with Crippen LogP contribution in [0.3, 0.4) is 0 Å². The Hall–Kier alpha value is -3.45. The molecule has 1 unspecified atom stereocenters. The van der Waals surface area contributed by atoms with Crippen molar-refractivity contribution in [2.45, 2.75) is 38.1 Å². The van der Waals surface area contributed by atoms with Crippen LogP contribution in [0.4, 0.5) is 0 Å². The van der Waals surface area contributed by atoms with Gasteiger partial charge in [0.25, 0.3) is 0 Å². The van der Waals surface area contributed by atoms with Crippen LogP contribution in [0, 0.1) is 0 Å². The first-order valence-electron chi connectivity index (χ1n) is 11.0. The van der Waals surface area contributed by atoms with Gasteiger partial charge in [0.05, 0.1) is 24.0 Å². The number of benzene rings is 2. The zero-order chi connectivity index (χ0) is 22.3. The van der Waals surface area contributed by atoms with Crippen molar-refractivity contribution < 1.29 is 14.7 Å². The molecular weight excluding hydrogens is 404 g/mol. The number of carbonyl (C=O) groups excluding carboxylic acids is 1. The maximum absolute atomic E-state index is 12.3. The van der Waals surface area contributed by atoms with Crippen molar-refractivity contribution in [3.8, 4) is 0 Å². The summed E-state index contributed by atoms with van der Waals surface area (Å²) in [7, 11) is 0. The summed E-state index contributed by atoms with van der Waals surface area (Å²) in [6.45, 7) is 1.57. The van der Waals surface area contributed by atoms with Gasteiger partial charge in [-0.2, -0.15) is 0 Å². The van der Waals surface area contributed by atoms with Crippen LogP contribution in [0.15, 0.2) is 60.2 Å². The maximum Gasteiger partial charge on any atom is 0.303 e. The standard InChI is InChI=1S/C25H28N4O3/c30-24(11-12-26-16-23-28-21-7-3-4-8-22(21)29-23)27-15-17-9-10-18-5-1-2-6-20(18)19(13-17)14-25(31)32/h1-9,19,26H,10-16H2,(H,27,30)(H,28,29)(H,31,32). The van der Waals surface area contributed by atoms with E-state index >= 15 is 0 Å². The average molecular weight is 433 g/mol. The number of carboxylic acid groups (broad SMARTS) is 1. The molecule has 1 heterocycles. The van der Waals surface area contributed by atoms with Crippen molar-refractivity contribution >= 4 is 22.9 Å². The number of H-pyrrole nitrogens is 1. The van der Waals surface area contributed by atoms with E-state index in [0.29, 0.717) is 32.5 Å². The molecule has 2 aromatic carbocycles. The number of nitrogens with one attached hydrogen (secondary N) is 3. The molecule has 0 saturated carbocycles. The van der Waals surface area contributed by atoms with E-state index in [4.69, 9.17) is 0 Å². The zero-order valence-electron chi connectivity index (χ0n) is 17.9. The van der Waals surface area contributed by atoms with Gasteiger partial charge in [-0.25, -0.2) is 4.98 Å². The van der Waals surface area contributed by atoms with E-state index in [0.717, 1.165) is 40.0 Å². The lowest BCUT2D eigenvalue weighted by atomic mass is 9.88. The number of fused-ring (bicyclic) bond motifs is 2. The number of aromatic nitrogens is 2. The number of nitrogens with zero attached hydrogens (tertiary/aromatic N) is 1. The van der Waals surface area contributed by atoms with Crippen LogP contribution in [-0.4, -0.2) is 40.0 Å². The van der Waals surface area contributed by atoms with Crippen LogP contribution in [0.5, 0.6) is 0 Å². The van der Waals surface area contributed by atoms with Gasteiger partial charge in [0.2, 0.25) is 5.91 Å². The maximum atomic E-state index is 12.3. The van der Waals surface area contributed by atoms with Gasteiger partial charge in [0.1, 0.15) is 5.82 Å². The highest BCUT2D eigenvalue weighted by Gasteiger charge is 2.22. The summed E-state index contributed by atoms with van der Waals surface area (Å²) in [5, 5.41) is 15.6. The summed E-state index contributed by atoms with van der Waals surface area (Å²) in [6, 6.07) is 15.9. The molecule has 0 radical (unpaired) electrons. The van der Waals surface area contributed by atoms with E-state index in [1.54, 1.807) is 0 Å². The first kappa shape index (κ1) is 21.8. The van der Waals surface area contributed by atoms with Crippen molar-refractivity contribution in [3.63, 3.8) is 0 Å². The topological polar surface area (TPSA) is 107 Å². The number of hydrogen-bond donors (Lipinski definition) is 4. The van der Waals surface area contributed by atoms with Crippen molar-refractivity contribution in [2.75, 3.05) is 13.1 Å². The van der Waals surface area contributed by atoms with E-state index in [2.05, 4.69) is 32.7 Å². The van der Waals surface area contributed by atoms with Crippen LogP contribution in [0.2, 0.25) is 0 Å². The minimum atomic E-state index is -0.800. The number of para-hydroxylation sites is 2. The fourth-order valence-electron chi connectivity index (χ4n) is 4.22. The minimum absolute atomic E-state index is 0.0282. The quantitative estimate of drug-likeness (QED) is 0.307. The first-order valence-corrected chi connectivity index (χ1v) is 11.0. The number of hydrogen-bond acceptors (Lipinski definition) is 4. The van der Waals surface area contributed by atoms with Gasteiger partial charge in [-0.3, -0.25) is 9.59 Å². The minimum Gasteiger partial charge on any atom is -0.481 e. The number of amides is 1.